The standard InChI is InChI=1S/C18H21NO3S/c1-3-15(13-20)18(16-7-5-4-6-8-16)19-23(21,22)17-11-9-14(2)10-12-17/h4-13,15,18-19H,3H2,1-2H3/t15-,18-/m0/s1. The zero-order chi connectivity index (χ0) is 16.9. The fourth-order valence-electron chi connectivity index (χ4n) is 2.43. The summed E-state index contributed by atoms with van der Waals surface area (Å²) in [6.45, 7) is 3.77. The SMILES string of the molecule is CC[C@@H](C=O)[C@H](NS(=O)(=O)c1ccc(C)cc1)c1ccccc1. The van der Waals surface area contributed by atoms with Gasteiger partial charge in [-0.2, -0.15) is 0 Å². The van der Waals surface area contributed by atoms with E-state index in [1.807, 2.05) is 44.2 Å². The van der Waals surface area contributed by atoms with E-state index in [1.165, 1.54) is 0 Å². The Morgan fingerprint density at radius 1 is 1.04 bits per heavy atom. The zero-order valence-corrected chi connectivity index (χ0v) is 14.1. The van der Waals surface area contributed by atoms with Crippen molar-refractivity contribution in [2.75, 3.05) is 0 Å². The Morgan fingerprint density at radius 3 is 2.17 bits per heavy atom. The van der Waals surface area contributed by atoms with Crippen LogP contribution >= 0.6 is 0 Å². The molecule has 2 aromatic carbocycles. The molecule has 5 heteroatoms. The van der Waals surface area contributed by atoms with Gasteiger partial charge in [-0.05, 0) is 31.0 Å². The summed E-state index contributed by atoms with van der Waals surface area (Å²) in [6.07, 6.45) is 1.37. The molecule has 0 amide bonds. The molecule has 2 rings (SSSR count). The number of carbonyl (C=O) groups is 1. The average Bonchev–Trinajstić information content (AvgIpc) is 2.56. The molecule has 0 aliphatic heterocycles. The minimum absolute atomic E-state index is 0.199. The Morgan fingerprint density at radius 2 is 1.65 bits per heavy atom. The lowest BCUT2D eigenvalue weighted by molar-refractivity contribution is -0.111. The second-order valence-corrected chi connectivity index (χ2v) is 7.24. The minimum atomic E-state index is -3.70. The second-order valence-electron chi connectivity index (χ2n) is 5.53. The lowest BCUT2D eigenvalue weighted by Crippen LogP contribution is -2.34. The van der Waals surface area contributed by atoms with E-state index in [4.69, 9.17) is 0 Å². The number of hydrogen-bond donors (Lipinski definition) is 1. The highest BCUT2D eigenvalue weighted by atomic mass is 32.2. The molecule has 1 N–H and O–H groups in total. The third kappa shape index (κ3) is 4.27. The molecule has 0 aliphatic carbocycles. The van der Waals surface area contributed by atoms with Gasteiger partial charge in [-0.25, -0.2) is 13.1 Å². The van der Waals surface area contributed by atoms with E-state index in [1.54, 1.807) is 24.3 Å². The summed E-state index contributed by atoms with van der Waals surface area (Å²) in [5, 5.41) is 0. The van der Waals surface area contributed by atoms with Crippen LogP contribution in [0.4, 0.5) is 0 Å². The molecule has 122 valence electrons. The number of sulfonamides is 1. The van der Waals surface area contributed by atoms with Gasteiger partial charge in [-0.15, -0.1) is 0 Å². The summed E-state index contributed by atoms with van der Waals surface area (Å²) in [5.74, 6) is -0.419. The number of aldehydes is 1. The van der Waals surface area contributed by atoms with Crippen molar-refractivity contribution in [1.82, 2.24) is 4.72 Å². The van der Waals surface area contributed by atoms with Gasteiger partial charge in [0.15, 0.2) is 0 Å². The van der Waals surface area contributed by atoms with Crippen molar-refractivity contribution in [3.63, 3.8) is 0 Å². The maximum absolute atomic E-state index is 12.6. The van der Waals surface area contributed by atoms with Gasteiger partial charge >= 0.3 is 0 Å². The van der Waals surface area contributed by atoms with Crippen LogP contribution in [-0.2, 0) is 14.8 Å². The number of aryl methyl sites for hydroxylation is 1. The maximum atomic E-state index is 12.6. The maximum Gasteiger partial charge on any atom is 0.241 e. The van der Waals surface area contributed by atoms with E-state index in [0.29, 0.717) is 6.42 Å². The second kappa shape index (κ2) is 7.53. The molecule has 0 bridgehead atoms. The van der Waals surface area contributed by atoms with Gasteiger partial charge in [0.25, 0.3) is 0 Å². The van der Waals surface area contributed by atoms with Crippen LogP contribution in [0.15, 0.2) is 59.5 Å². The summed E-state index contributed by atoms with van der Waals surface area (Å²) in [7, 11) is -3.70. The van der Waals surface area contributed by atoms with Crippen LogP contribution in [0, 0.1) is 12.8 Å². The van der Waals surface area contributed by atoms with Gasteiger partial charge in [-0.3, -0.25) is 0 Å². The van der Waals surface area contributed by atoms with Crippen molar-refractivity contribution in [2.45, 2.75) is 31.2 Å². The van der Waals surface area contributed by atoms with Crippen molar-refractivity contribution in [1.29, 1.82) is 0 Å². The number of rotatable bonds is 7. The number of benzene rings is 2. The zero-order valence-electron chi connectivity index (χ0n) is 13.3. The molecule has 0 heterocycles. The van der Waals surface area contributed by atoms with Crippen LogP contribution < -0.4 is 4.72 Å². The Balaban J connectivity index is 2.37. The minimum Gasteiger partial charge on any atom is -0.303 e. The first-order valence-corrected chi connectivity index (χ1v) is 9.05. The third-order valence-electron chi connectivity index (χ3n) is 3.85. The van der Waals surface area contributed by atoms with Crippen LogP contribution in [-0.4, -0.2) is 14.7 Å². The van der Waals surface area contributed by atoms with E-state index in [-0.39, 0.29) is 4.90 Å². The van der Waals surface area contributed by atoms with Crippen LogP contribution in [0.25, 0.3) is 0 Å². The molecule has 0 radical (unpaired) electrons. The molecule has 2 atom stereocenters. The normalized spacial score (nSPS) is 14.2. The highest BCUT2D eigenvalue weighted by molar-refractivity contribution is 7.89. The van der Waals surface area contributed by atoms with E-state index >= 15 is 0 Å². The molecule has 0 aromatic heterocycles. The van der Waals surface area contributed by atoms with Gasteiger partial charge in [0.1, 0.15) is 6.29 Å². The molecular weight excluding hydrogens is 310 g/mol. The molecule has 0 unspecified atom stereocenters. The molecular formula is C18H21NO3S. The Kier molecular flexibility index (Phi) is 5.69. The Hall–Kier alpha value is -1.98. The van der Waals surface area contributed by atoms with Crippen LogP contribution in [0.5, 0.6) is 0 Å². The van der Waals surface area contributed by atoms with Crippen LogP contribution in [0.1, 0.15) is 30.5 Å². The molecule has 0 saturated carbocycles. The first-order valence-electron chi connectivity index (χ1n) is 7.57. The Labute approximate surface area is 137 Å². The largest absolute Gasteiger partial charge is 0.303 e. The lowest BCUT2D eigenvalue weighted by atomic mass is 9.93. The smallest absolute Gasteiger partial charge is 0.241 e. The predicted molar refractivity (Wildman–Crippen MR) is 90.5 cm³/mol. The van der Waals surface area contributed by atoms with Gasteiger partial charge in [0, 0.05) is 5.92 Å². The van der Waals surface area contributed by atoms with Gasteiger partial charge in [0.2, 0.25) is 10.0 Å². The van der Waals surface area contributed by atoms with Crippen molar-refractivity contribution >= 4 is 16.3 Å². The van der Waals surface area contributed by atoms with Crippen LogP contribution in [0.2, 0.25) is 0 Å². The van der Waals surface area contributed by atoms with E-state index in [2.05, 4.69) is 4.72 Å². The van der Waals surface area contributed by atoms with Crippen molar-refractivity contribution < 1.29 is 13.2 Å². The fraction of sp³-hybridized carbons (Fsp3) is 0.278. The first-order chi connectivity index (χ1) is 11.0. The summed E-state index contributed by atoms with van der Waals surface area (Å²) < 4.78 is 28.0. The van der Waals surface area contributed by atoms with Gasteiger partial charge in [0.05, 0.1) is 10.9 Å². The molecule has 23 heavy (non-hydrogen) atoms. The monoisotopic (exact) mass is 331 g/mol. The third-order valence-corrected chi connectivity index (χ3v) is 5.30. The molecule has 0 fully saturated rings. The van der Waals surface area contributed by atoms with E-state index in [9.17, 15) is 13.2 Å². The van der Waals surface area contributed by atoms with Gasteiger partial charge in [-0.1, -0.05) is 55.0 Å². The molecule has 0 aliphatic rings. The number of carbonyl (C=O) groups excluding carboxylic acids is 1. The lowest BCUT2D eigenvalue weighted by Gasteiger charge is -2.23. The summed E-state index contributed by atoms with van der Waals surface area (Å²) in [4.78, 5) is 11.6. The topological polar surface area (TPSA) is 63.2 Å². The predicted octanol–water partition coefficient (Wildman–Crippen LogP) is 3.24. The Bertz CT molecular complexity index is 740. The summed E-state index contributed by atoms with van der Waals surface area (Å²) in [5.41, 5.74) is 1.77. The van der Waals surface area contributed by atoms with Gasteiger partial charge < -0.3 is 4.79 Å². The highest BCUT2D eigenvalue weighted by Crippen LogP contribution is 2.25. The van der Waals surface area contributed by atoms with Crippen LogP contribution in [0.3, 0.4) is 0 Å². The highest BCUT2D eigenvalue weighted by Gasteiger charge is 2.27. The summed E-state index contributed by atoms with van der Waals surface area (Å²) >= 11 is 0. The molecule has 0 saturated heterocycles. The summed E-state index contributed by atoms with van der Waals surface area (Å²) in [6, 6.07) is 15.2. The van der Waals surface area contributed by atoms with Crippen molar-refractivity contribution in [3.8, 4) is 0 Å². The average molecular weight is 331 g/mol. The quantitative estimate of drug-likeness (QED) is 0.792. The molecule has 2 aromatic rings. The first kappa shape index (κ1) is 17.4. The van der Waals surface area contributed by atoms with Crippen molar-refractivity contribution in [2.24, 2.45) is 5.92 Å². The fourth-order valence-corrected chi connectivity index (χ4v) is 3.70. The number of hydrogen-bond acceptors (Lipinski definition) is 3. The molecule has 0 spiro atoms. The van der Waals surface area contributed by atoms with E-state index < -0.39 is 22.0 Å². The van der Waals surface area contributed by atoms with Crippen molar-refractivity contribution in [3.05, 3.63) is 65.7 Å². The molecule has 4 nitrogen and oxygen atoms in total. The van der Waals surface area contributed by atoms with E-state index in [0.717, 1.165) is 17.4 Å². The number of nitrogens with one attached hydrogen (secondary N) is 1.